The van der Waals surface area contributed by atoms with E-state index in [9.17, 15) is 9.59 Å². The smallest absolute Gasteiger partial charge is 0.235 e. The van der Waals surface area contributed by atoms with E-state index in [2.05, 4.69) is 22.4 Å². The van der Waals surface area contributed by atoms with Crippen molar-refractivity contribution in [1.82, 2.24) is 19.7 Å². The van der Waals surface area contributed by atoms with Gasteiger partial charge in [-0.05, 0) is 43.9 Å². The van der Waals surface area contributed by atoms with Crippen LogP contribution in [0.2, 0.25) is 0 Å². The third-order valence-corrected chi connectivity index (χ3v) is 5.73. The fraction of sp³-hybridized carbons (Fsp3) is 0.474. The Bertz CT molecular complexity index is 814. The molecule has 7 nitrogen and oxygen atoms in total. The van der Waals surface area contributed by atoms with Crippen molar-refractivity contribution in [2.24, 2.45) is 5.92 Å². The Hall–Kier alpha value is -2.35. The average Bonchev–Trinajstić information content (AvgIpc) is 3.09. The van der Waals surface area contributed by atoms with Gasteiger partial charge < -0.3 is 10.2 Å². The molecule has 2 amide bonds. The van der Waals surface area contributed by atoms with Gasteiger partial charge in [0, 0.05) is 25.7 Å². The van der Waals surface area contributed by atoms with Crippen molar-refractivity contribution in [3.05, 3.63) is 30.6 Å². The molecule has 3 rings (SSSR count). The van der Waals surface area contributed by atoms with Crippen molar-refractivity contribution in [3.63, 3.8) is 0 Å². The second-order valence-corrected chi connectivity index (χ2v) is 8.29. The first-order valence-corrected chi connectivity index (χ1v) is 10.1. The van der Waals surface area contributed by atoms with Crippen LogP contribution in [0.4, 0.5) is 5.69 Å². The van der Waals surface area contributed by atoms with Crippen molar-refractivity contribution in [1.29, 1.82) is 0 Å². The van der Waals surface area contributed by atoms with Gasteiger partial charge in [0.05, 0.1) is 10.9 Å². The molecule has 1 saturated heterocycles. The summed E-state index contributed by atoms with van der Waals surface area (Å²) in [7, 11) is 0. The summed E-state index contributed by atoms with van der Waals surface area (Å²) in [4.78, 5) is 26.0. The van der Waals surface area contributed by atoms with Crippen LogP contribution in [-0.2, 0) is 9.59 Å². The number of amides is 2. The number of anilines is 1. The molecular formula is C19H25N5O2S. The molecule has 1 aliphatic heterocycles. The zero-order valence-electron chi connectivity index (χ0n) is 15.9. The maximum Gasteiger partial charge on any atom is 0.235 e. The summed E-state index contributed by atoms with van der Waals surface area (Å²) in [5, 5.41) is 11.4. The van der Waals surface area contributed by atoms with Gasteiger partial charge in [0.25, 0.3) is 0 Å². The van der Waals surface area contributed by atoms with E-state index in [1.54, 1.807) is 6.33 Å². The Morgan fingerprint density at radius 3 is 2.74 bits per heavy atom. The minimum atomic E-state index is -0.236. The zero-order chi connectivity index (χ0) is 19.4. The van der Waals surface area contributed by atoms with Gasteiger partial charge in [-0.3, -0.25) is 14.2 Å². The van der Waals surface area contributed by atoms with Crippen molar-refractivity contribution >= 4 is 29.3 Å². The second-order valence-electron chi connectivity index (χ2n) is 6.98. The minimum Gasteiger partial charge on any atom is -0.342 e. The first-order chi connectivity index (χ1) is 12.9. The highest BCUT2D eigenvalue weighted by Gasteiger charge is 2.26. The molecule has 0 spiro atoms. The molecule has 1 aliphatic rings. The Morgan fingerprint density at radius 2 is 2.04 bits per heavy atom. The molecule has 0 aliphatic carbocycles. The summed E-state index contributed by atoms with van der Waals surface area (Å²) in [5.41, 5.74) is 1.54. The third kappa shape index (κ3) is 4.88. The van der Waals surface area contributed by atoms with Crippen molar-refractivity contribution in [2.75, 3.05) is 18.4 Å². The molecule has 0 saturated carbocycles. The maximum absolute atomic E-state index is 12.8. The number of carbonyl (C=O) groups excluding carboxylic acids is 2. The highest BCUT2D eigenvalue weighted by atomic mass is 32.2. The first kappa shape index (κ1) is 19.4. The molecular weight excluding hydrogens is 362 g/mol. The molecule has 1 aromatic heterocycles. The lowest BCUT2D eigenvalue weighted by atomic mass is 9.99. The lowest BCUT2D eigenvalue weighted by Gasteiger charge is -2.31. The number of aromatic nitrogens is 3. The summed E-state index contributed by atoms with van der Waals surface area (Å²) >= 11 is 1.40. The maximum atomic E-state index is 12.8. The fourth-order valence-electron chi connectivity index (χ4n) is 3.11. The monoisotopic (exact) mass is 387 g/mol. The standard InChI is InChI=1S/C19H25N5O2S/c1-13-7-9-23(10-8-13)18(26)14(2)27-19-22-20-12-24(19)17-6-4-5-16(11-17)21-15(3)25/h4-6,11-14H,7-10H2,1-3H3,(H,21,25). The topological polar surface area (TPSA) is 80.1 Å². The number of piperidine rings is 1. The number of benzene rings is 1. The van der Waals surface area contributed by atoms with Crippen molar-refractivity contribution < 1.29 is 9.59 Å². The molecule has 0 radical (unpaired) electrons. The number of hydrogen-bond acceptors (Lipinski definition) is 5. The summed E-state index contributed by atoms with van der Waals surface area (Å²) in [6.07, 6.45) is 3.75. The average molecular weight is 388 g/mol. The van der Waals surface area contributed by atoms with Gasteiger partial charge in [0.2, 0.25) is 11.8 Å². The van der Waals surface area contributed by atoms with Gasteiger partial charge >= 0.3 is 0 Å². The van der Waals surface area contributed by atoms with Crippen LogP contribution in [0.5, 0.6) is 0 Å². The highest BCUT2D eigenvalue weighted by Crippen LogP contribution is 2.27. The van der Waals surface area contributed by atoms with E-state index < -0.39 is 0 Å². The van der Waals surface area contributed by atoms with E-state index in [0.717, 1.165) is 31.6 Å². The van der Waals surface area contributed by atoms with Crippen LogP contribution in [0.3, 0.4) is 0 Å². The highest BCUT2D eigenvalue weighted by molar-refractivity contribution is 8.00. The molecule has 1 fully saturated rings. The number of nitrogens with one attached hydrogen (secondary N) is 1. The van der Waals surface area contributed by atoms with Gasteiger partial charge in [-0.25, -0.2) is 0 Å². The lowest BCUT2D eigenvalue weighted by molar-refractivity contribution is -0.131. The Balaban J connectivity index is 1.71. The molecule has 1 aromatic carbocycles. The number of rotatable bonds is 5. The van der Waals surface area contributed by atoms with Gasteiger partial charge in [0.1, 0.15) is 6.33 Å². The van der Waals surface area contributed by atoms with E-state index in [1.807, 2.05) is 40.7 Å². The van der Waals surface area contributed by atoms with E-state index in [0.29, 0.717) is 16.8 Å². The Morgan fingerprint density at radius 1 is 1.30 bits per heavy atom. The minimum absolute atomic E-state index is 0.124. The van der Waals surface area contributed by atoms with Gasteiger partial charge in [-0.2, -0.15) is 0 Å². The molecule has 8 heteroatoms. The van der Waals surface area contributed by atoms with Gasteiger partial charge in [-0.15, -0.1) is 10.2 Å². The second kappa shape index (κ2) is 8.56. The molecule has 1 atom stereocenters. The van der Waals surface area contributed by atoms with Crippen LogP contribution in [0, 0.1) is 5.92 Å². The van der Waals surface area contributed by atoms with Crippen molar-refractivity contribution in [3.8, 4) is 5.69 Å². The molecule has 2 heterocycles. The molecule has 1 unspecified atom stereocenters. The van der Waals surface area contributed by atoms with Crippen LogP contribution < -0.4 is 5.32 Å². The predicted octanol–water partition coefficient (Wildman–Crippen LogP) is 2.96. The van der Waals surface area contributed by atoms with Crippen LogP contribution in [0.1, 0.15) is 33.6 Å². The third-order valence-electron chi connectivity index (χ3n) is 4.69. The van der Waals surface area contributed by atoms with Gasteiger partial charge in [0.15, 0.2) is 5.16 Å². The zero-order valence-corrected chi connectivity index (χ0v) is 16.7. The van der Waals surface area contributed by atoms with E-state index >= 15 is 0 Å². The molecule has 1 N–H and O–H groups in total. The largest absolute Gasteiger partial charge is 0.342 e. The molecule has 144 valence electrons. The Kier molecular flexibility index (Phi) is 6.15. The number of carbonyl (C=O) groups is 2. The van der Waals surface area contributed by atoms with Crippen LogP contribution in [0.15, 0.2) is 35.7 Å². The van der Waals surface area contributed by atoms with Crippen LogP contribution in [0.25, 0.3) is 5.69 Å². The number of nitrogens with zero attached hydrogens (tertiary/aromatic N) is 4. The summed E-state index contributed by atoms with van der Waals surface area (Å²) in [5.74, 6) is 0.713. The van der Waals surface area contributed by atoms with E-state index in [1.165, 1.54) is 18.7 Å². The van der Waals surface area contributed by atoms with Crippen LogP contribution in [-0.4, -0.2) is 49.8 Å². The summed E-state index contributed by atoms with van der Waals surface area (Å²) in [6.45, 7) is 7.28. The molecule has 0 bridgehead atoms. The number of hydrogen-bond donors (Lipinski definition) is 1. The summed E-state index contributed by atoms with van der Waals surface area (Å²) in [6, 6.07) is 7.45. The van der Waals surface area contributed by atoms with E-state index in [-0.39, 0.29) is 17.1 Å². The predicted molar refractivity (Wildman–Crippen MR) is 106 cm³/mol. The normalized spacial score (nSPS) is 16.2. The summed E-state index contributed by atoms with van der Waals surface area (Å²) < 4.78 is 1.83. The quantitative estimate of drug-likeness (QED) is 0.798. The fourth-order valence-corrected chi connectivity index (χ4v) is 4.04. The lowest BCUT2D eigenvalue weighted by Crippen LogP contribution is -2.41. The van der Waals surface area contributed by atoms with E-state index in [4.69, 9.17) is 0 Å². The molecule has 2 aromatic rings. The Labute approximate surface area is 163 Å². The van der Waals surface area contributed by atoms with Crippen molar-refractivity contribution in [2.45, 2.75) is 44.0 Å². The molecule has 27 heavy (non-hydrogen) atoms. The first-order valence-electron chi connectivity index (χ1n) is 9.17. The number of thioether (sulfide) groups is 1. The SMILES string of the molecule is CC(=O)Nc1cccc(-n2cnnc2SC(C)C(=O)N2CCC(C)CC2)c1. The van der Waals surface area contributed by atoms with Gasteiger partial charge in [-0.1, -0.05) is 24.8 Å². The number of likely N-dealkylation sites (tertiary alicyclic amines) is 1. The van der Waals surface area contributed by atoms with Crippen LogP contribution >= 0.6 is 11.8 Å².